The highest BCUT2D eigenvalue weighted by molar-refractivity contribution is 5.95. The number of carbonyl (C=O) groups is 1. The molecule has 0 saturated heterocycles. The Balaban J connectivity index is 1.93. The first-order chi connectivity index (χ1) is 10.1. The van der Waals surface area contributed by atoms with E-state index in [9.17, 15) is 4.79 Å². The van der Waals surface area contributed by atoms with Crippen LogP contribution >= 0.6 is 0 Å². The van der Waals surface area contributed by atoms with Crippen molar-refractivity contribution >= 4 is 11.7 Å². The molecule has 2 rings (SSSR count). The van der Waals surface area contributed by atoms with Crippen molar-refractivity contribution in [2.75, 3.05) is 18.4 Å². The van der Waals surface area contributed by atoms with Gasteiger partial charge in [0, 0.05) is 37.8 Å². The van der Waals surface area contributed by atoms with Crippen LogP contribution in [-0.2, 0) is 13.5 Å². The molecular weight excluding hydrogens is 268 g/mol. The molecule has 0 aromatic carbocycles. The van der Waals surface area contributed by atoms with Crippen molar-refractivity contribution in [1.82, 2.24) is 25.1 Å². The number of pyridine rings is 1. The number of hydrogen-bond acceptors (Lipinski definition) is 5. The normalized spacial score (nSPS) is 10.4. The van der Waals surface area contributed by atoms with E-state index in [2.05, 4.69) is 25.7 Å². The number of carbonyl (C=O) groups excluding carboxylic acids is 1. The van der Waals surface area contributed by atoms with Gasteiger partial charge >= 0.3 is 0 Å². The van der Waals surface area contributed by atoms with Gasteiger partial charge in [-0.25, -0.2) is 9.97 Å². The van der Waals surface area contributed by atoms with Crippen molar-refractivity contribution in [3.63, 3.8) is 0 Å². The second-order valence-corrected chi connectivity index (χ2v) is 4.75. The molecule has 7 nitrogen and oxygen atoms in total. The van der Waals surface area contributed by atoms with E-state index in [1.165, 1.54) is 0 Å². The predicted octanol–water partition coefficient (Wildman–Crippen LogP) is 0.923. The van der Waals surface area contributed by atoms with Crippen LogP contribution in [0.15, 0.2) is 18.5 Å². The number of aromatic nitrogens is 4. The summed E-state index contributed by atoms with van der Waals surface area (Å²) in [7, 11) is 1.82. The van der Waals surface area contributed by atoms with Crippen LogP contribution in [0, 0.1) is 6.92 Å². The molecule has 7 heteroatoms. The molecule has 0 aliphatic heterocycles. The summed E-state index contributed by atoms with van der Waals surface area (Å²) in [5.74, 6) is 1.32. The van der Waals surface area contributed by atoms with Gasteiger partial charge in [0.05, 0.1) is 0 Å². The van der Waals surface area contributed by atoms with Crippen molar-refractivity contribution < 1.29 is 4.79 Å². The lowest BCUT2D eigenvalue weighted by molar-refractivity contribution is 0.0954. The Labute approximate surface area is 123 Å². The molecule has 0 fully saturated rings. The van der Waals surface area contributed by atoms with E-state index in [1.807, 2.05) is 20.9 Å². The molecule has 0 spiro atoms. The Morgan fingerprint density at radius 2 is 2.19 bits per heavy atom. The number of hydrogen-bond donors (Lipinski definition) is 2. The van der Waals surface area contributed by atoms with Gasteiger partial charge in [0.2, 0.25) is 0 Å². The zero-order valence-corrected chi connectivity index (χ0v) is 12.6. The maximum atomic E-state index is 12.1. The fraction of sp³-hybridized carbons (Fsp3) is 0.429. The minimum atomic E-state index is -0.115. The molecule has 2 aromatic rings. The third kappa shape index (κ3) is 4.27. The number of nitrogens with zero attached hydrogens (tertiary/aromatic N) is 4. The van der Waals surface area contributed by atoms with E-state index in [0.717, 1.165) is 18.1 Å². The summed E-state index contributed by atoms with van der Waals surface area (Å²) >= 11 is 0. The molecule has 21 heavy (non-hydrogen) atoms. The zero-order valence-electron chi connectivity index (χ0n) is 12.6. The van der Waals surface area contributed by atoms with E-state index < -0.39 is 0 Å². The number of nitrogens with one attached hydrogen (secondary N) is 2. The minimum Gasteiger partial charge on any atom is -0.370 e. The number of amides is 1. The molecular formula is C14H20N6O. The number of rotatable bonds is 6. The molecule has 0 radical (unpaired) electrons. The lowest BCUT2D eigenvalue weighted by Gasteiger charge is -2.08. The van der Waals surface area contributed by atoms with Gasteiger partial charge in [-0.3, -0.25) is 9.48 Å². The van der Waals surface area contributed by atoms with Crippen LogP contribution in [0.2, 0.25) is 0 Å². The van der Waals surface area contributed by atoms with Crippen LogP contribution in [0.3, 0.4) is 0 Å². The van der Waals surface area contributed by atoms with Crippen LogP contribution in [0.5, 0.6) is 0 Å². The minimum absolute atomic E-state index is 0.115. The first-order valence-corrected chi connectivity index (χ1v) is 6.93. The van der Waals surface area contributed by atoms with Gasteiger partial charge in [-0.15, -0.1) is 0 Å². The van der Waals surface area contributed by atoms with Gasteiger partial charge in [0.1, 0.15) is 12.1 Å². The summed E-state index contributed by atoms with van der Waals surface area (Å²) in [5, 5.41) is 10.2. The molecule has 1 amide bonds. The molecule has 0 aliphatic carbocycles. The van der Waals surface area contributed by atoms with Gasteiger partial charge in [-0.2, -0.15) is 5.10 Å². The van der Waals surface area contributed by atoms with Crippen molar-refractivity contribution in [1.29, 1.82) is 0 Å². The summed E-state index contributed by atoms with van der Waals surface area (Å²) < 4.78 is 1.64. The second kappa shape index (κ2) is 6.83. The van der Waals surface area contributed by atoms with Crippen LogP contribution in [-0.4, -0.2) is 38.7 Å². The van der Waals surface area contributed by atoms with E-state index in [-0.39, 0.29) is 5.91 Å². The van der Waals surface area contributed by atoms with Crippen LogP contribution in [0.4, 0.5) is 5.82 Å². The summed E-state index contributed by atoms with van der Waals surface area (Å²) in [4.78, 5) is 20.6. The number of anilines is 1. The van der Waals surface area contributed by atoms with Crippen molar-refractivity contribution in [2.45, 2.75) is 20.3 Å². The highest BCUT2D eigenvalue weighted by atomic mass is 16.1. The Morgan fingerprint density at radius 3 is 2.86 bits per heavy atom. The van der Waals surface area contributed by atoms with Crippen LogP contribution in [0.25, 0.3) is 0 Å². The summed E-state index contributed by atoms with van der Waals surface area (Å²) in [6.45, 7) is 5.13. The van der Waals surface area contributed by atoms with Gasteiger partial charge in [0.15, 0.2) is 5.82 Å². The second-order valence-electron chi connectivity index (χ2n) is 4.75. The molecule has 0 unspecified atom stereocenters. The molecule has 0 aliphatic rings. The first-order valence-electron chi connectivity index (χ1n) is 6.93. The molecule has 0 bridgehead atoms. The van der Waals surface area contributed by atoms with Crippen molar-refractivity contribution in [3.05, 3.63) is 35.5 Å². The van der Waals surface area contributed by atoms with Crippen LogP contribution in [0.1, 0.15) is 28.8 Å². The standard InChI is InChI=1S/C14H20N6O/c1-4-15-13-8-11(7-10(2)18-13)14(21)16-6-5-12-17-9-20(3)19-12/h7-9H,4-6H2,1-3H3,(H,15,18)(H,16,21). The molecule has 2 aromatic heterocycles. The lowest BCUT2D eigenvalue weighted by atomic mass is 10.2. The SMILES string of the molecule is CCNc1cc(C(=O)NCCc2ncn(C)n2)cc(C)n1. The zero-order chi connectivity index (χ0) is 15.2. The van der Waals surface area contributed by atoms with Crippen molar-refractivity contribution in [2.24, 2.45) is 7.05 Å². The maximum absolute atomic E-state index is 12.1. The molecule has 2 N–H and O–H groups in total. The maximum Gasteiger partial charge on any atom is 0.251 e. The third-order valence-electron chi connectivity index (χ3n) is 2.85. The van der Waals surface area contributed by atoms with Gasteiger partial charge < -0.3 is 10.6 Å². The van der Waals surface area contributed by atoms with E-state index in [1.54, 1.807) is 23.1 Å². The topological polar surface area (TPSA) is 84.7 Å². The smallest absolute Gasteiger partial charge is 0.251 e. The Morgan fingerprint density at radius 1 is 1.38 bits per heavy atom. The average Bonchev–Trinajstić information content (AvgIpc) is 2.84. The highest BCUT2D eigenvalue weighted by Gasteiger charge is 2.08. The van der Waals surface area contributed by atoms with Crippen LogP contribution < -0.4 is 10.6 Å². The van der Waals surface area contributed by atoms with E-state index >= 15 is 0 Å². The van der Waals surface area contributed by atoms with Gasteiger partial charge in [0.25, 0.3) is 5.91 Å². The lowest BCUT2D eigenvalue weighted by Crippen LogP contribution is -2.26. The van der Waals surface area contributed by atoms with E-state index in [0.29, 0.717) is 24.3 Å². The average molecular weight is 288 g/mol. The van der Waals surface area contributed by atoms with Gasteiger partial charge in [-0.05, 0) is 26.0 Å². The first kappa shape index (κ1) is 15.0. The summed E-state index contributed by atoms with van der Waals surface area (Å²) in [6, 6.07) is 3.53. The van der Waals surface area contributed by atoms with Gasteiger partial charge in [-0.1, -0.05) is 0 Å². The fourth-order valence-corrected chi connectivity index (χ4v) is 1.96. The Kier molecular flexibility index (Phi) is 4.86. The molecule has 112 valence electrons. The summed E-state index contributed by atoms with van der Waals surface area (Å²) in [6.07, 6.45) is 2.25. The largest absolute Gasteiger partial charge is 0.370 e. The predicted molar refractivity (Wildman–Crippen MR) is 80.2 cm³/mol. The number of aryl methyl sites for hydroxylation is 2. The Hall–Kier alpha value is -2.44. The monoisotopic (exact) mass is 288 g/mol. The molecule has 0 atom stereocenters. The Bertz CT molecular complexity index is 622. The fourth-order valence-electron chi connectivity index (χ4n) is 1.96. The molecule has 0 saturated carbocycles. The summed E-state index contributed by atoms with van der Waals surface area (Å²) in [5.41, 5.74) is 1.41. The molecule has 2 heterocycles. The van der Waals surface area contributed by atoms with Crippen molar-refractivity contribution in [3.8, 4) is 0 Å². The quantitative estimate of drug-likeness (QED) is 0.826. The highest BCUT2D eigenvalue weighted by Crippen LogP contribution is 2.10. The third-order valence-corrected chi connectivity index (χ3v) is 2.85. The van der Waals surface area contributed by atoms with E-state index in [4.69, 9.17) is 0 Å².